The van der Waals surface area contributed by atoms with Gasteiger partial charge in [-0.2, -0.15) is 5.10 Å². The molecule has 0 aliphatic rings. The maximum Gasteiger partial charge on any atom is 0.262 e. The summed E-state index contributed by atoms with van der Waals surface area (Å²) in [4.78, 5) is 0.115. The Morgan fingerprint density at radius 2 is 2.06 bits per heavy atom. The van der Waals surface area contributed by atoms with Gasteiger partial charge < -0.3 is 0 Å². The van der Waals surface area contributed by atoms with Gasteiger partial charge in [-0.05, 0) is 18.1 Å². The maximum absolute atomic E-state index is 11.4. The van der Waals surface area contributed by atoms with E-state index in [0.717, 1.165) is 5.69 Å². The van der Waals surface area contributed by atoms with Crippen molar-refractivity contribution in [2.24, 2.45) is 0 Å². The minimum absolute atomic E-state index is 0.115. The van der Waals surface area contributed by atoms with Gasteiger partial charge in [0, 0.05) is 21.8 Å². The van der Waals surface area contributed by atoms with Crippen LogP contribution in [0.15, 0.2) is 23.1 Å². The number of hydrogen-bond donors (Lipinski definition) is 1. The van der Waals surface area contributed by atoms with Gasteiger partial charge in [-0.1, -0.05) is 19.9 Å². The van der Waals surface area contributed by atoms with E-state index < -0.39 is 9.05 Å². The zero-order valence-electron chi connectivity index (χ0n) is 8.86. The molecule has 0 aliphatic carbocycles. The lowest BCUT2D eigenvalue weighted by Crippen LogP contribution is -1.95. The largest absolute Gasteiger partial charge is 0.281 e. The van der Waals surface area contributed by atoms with E-state index in [0.29, 0.717) is 10.9 Å². The first kappa shape index (κ1) is 11.4. The average molecular weight is 259 g/mol. The summed E-state index contributed by atoms with van der Waals surface area (Å²) in [5, 5.41) is 7.51. The number of aromatic amines is 1. The van der Waals surface area contributed by atoms with Gasteiger partial charge in [-0.3, -0.25) is 5.10 Å². The normalized spacial score (nSPS) is 12.5. The summed E-state index contributed by atoms with van der Waals surface area (Å²) in [7, 11) is 1.66. The first-order valence-electron chi connectivity index (χ1n) is 4.83. The van der Waals surface area contributed by atoms with E-state index in [2.05, 4.69) is 10.2 Å². The fourth-order valence-corrected chi connectivity index (χ4v) is 2.77. The molecule has 0 amide bonds. The molecular weight excluding hydrogens is 248 g/mol. The lowest BCUT2D eigenvalue weighted by atomic mass is 10.1. The molecule has 0 unspecified atom stereocenters. The second-order valence-corrected chi connectivity index (χ2v) is 6.41. The van der Waals surface area contributed by atoms with Gasteiger partial charge in [-0.25, -0.2) is 8.42 Å². The topological polar surface area (TPSA) is 62.8 Å². The van der Waals surface area contributed by atoms with E-state index in [1.54, 1.807) is 12.1 Å². The molecule has 0 spiro atoms. The SMILES string of the molecule is CC(C)c1[nH]nc2cccc(S(=O)(=O)Cl)c12. The molecule has 2 rings (SSSR count). The van der Waals surface area contributed by atoms with Gasteiger partial charge in [0.1, 0.15) is 0 Å². The summed E-state index contributed by atoms with van der Waals surface area (Å²) in [6, 6.07) is 4.87. The summed E-state index contributed by atoms with van der Waals surface area (Å²) in [6.45, 7) is 3.93. The van der Waals surface area contributed by atoms with E-state index in [9.17, 15) is 8.42 Å². The van der Waals surface area contributed by atoms with E-state index >= 15 is 0 Å². The fraction of sp³-hybridized carbons (Fsp3) is 0.300. The Balaban J connectivity index is 2.89. The van der Waals surface area contributed by atoms with Gasteiger partial charge in [0.15, 0.2) is 0 Å². The molecule has 16 heavy (non-hydrogen) atoms. The second kappa shape index (κ2) is 3.75. The van der Waals surface area contributed by atoms with Crippen LogP contribution in [0.2, 0.25) is 0 Å². The first-order chi connectivity index (χ1) is 7.41. The number of hydrogen-bond acceptors (Lipinski definition) is 3. The Hall–Kier alpha value is -1.07. The molecular formula is C10H11ClN2O2S. The van der Waals surface area contributed by atoms with E-state index in [4.69, 9.17) is 10.7 Å². The highest BCUT2D eigenvalue weighted by Crippen LogP contribution is 2.30. The Kier molecular flexibility index (Phi) is 2.67. The molecule has 0 fully saturated rings. The van der Waals surface area contributed by atoms with E-state index in [-0.39, 0.29) is 10.8 Å². The Morgan fingerprint density at radius 1 is 1.38 bits per heavy atom. The fourth-order valence-electron chi connectivity index (χ4n) is 1.68. The van der Waals surface area contributed by atoms with E-state index in [1.807, 2.05) is 13.8 Å². The first-order valence-corrected chi connectivity index (χ1v) is 7.14. The number of fused-ring (bicyclic) bond motifs is 1. The van der Waals surface area contributed by atoms with Crippen molar-refractivity contribution in [2.45, 2.75) is 24.7 Å². The number of benzene rings is 1. The summed E-state index contributed by atoms with van der Waals surface area (Å²) >= 11 is 0. The van der Waals surface area contributed by atoms with Crippen molar-refractivity contribution >= 4 is 30.6 Å². The van der Waals surface area contributed by atoms with Crippen LogP contribution in [0.5, 0.6) is 0 Å². The number of H-pyrrole nitrogens is 1. The molecule has 1 aromatic carbocycles. The zero-order chi connectivity index (χ0) is 11.9. The van der Waals surface area contributed by atoms with Crippen molar-refractivity contribution in [3.63, 3.8) is 0 Å². The van der Waals surface area contributed by atoms with Gasteiger partial charge in [0.05, 0.1) is 10.4 Å². The molecule has 1 aromatic heterocycles. The number of nitrogens with one attached hydrogen (secondary N) is 1. The molecule has 0 aliphatic heterocycles. The van der Waals surface area contributed by atoms with Crippen LogP contribution in [0.4, 0.5) is 0 Å². The zero-order valence-corrected chi connectivity index (χ0v) is 10.4. The summed E-state index contributed by atoms with van der Waals surface area (Å²) < 4.78 is 22.9. The van der Waals surface area contributed by atoms with Gasteiger partial charge >= 0.3 is 0 Å². The highest BCUT2D eigenvalue weighted by atomic mass is 35.7. The molecule has 0 radical (unpaired) electrons. The molecule has 0 saturated carbocycles. The molecule has 1 N–H and O–H groups in total. The third kappa shape index (κ3) is 1.81. The maximum atomic E-state index is 11.4. The highest BCUT2D eigenvalue weighted by molar-refractivity contribution is 8.14. The molecule has 86 valence electrons. The number of halogens is 1. The van der Waals surface area contributed by atoms with Crippen LogP contribution in [-0.2, 0) is 9.05 Å². The lowest BCUT2D eigenvalue weighted by molar-refractivity contribution is 0.610. The number of rotatable bonds is 2. The molecule has 6 heteroatoms. The average Bonchev–Trinajstić information content (AvgIpc) is 2.58. The molecule has 0 bridgehead atoms. The minimum atomic E-state index is -3.74. The van der Waals surface area contributed by atoms with Crippen molar-refractivity contribution in [3.8, 4) is 0 Å². The van der Waals surface area contributed by atoms with Crippen molar-refractivity contribution in [2.75, 3.05) is 0 Å². The Labute approximate surface area is 98.0 Å². The predicted octanol–water partition coefficient (Wildman–Crippen LogP) is 2.61. The highest BCUT2D eigenvalue weighted by Gasteiger charge is 2.19. The number of aromatic nitrogens is 2. The third-order valence-electron chi connectivity index (χ3n) is 2.41. The van der Waals surface area contributed by atoms with Gasteiger partial charge in [-0.15, -0.1) is 0 Å². The summed E-state index contributed by atoms with van der Waals surface area (Å²) in [5.41, 5.74) is 1.40. The predicted molar refractivity (Wildman–Crippen MR) is 63.2 cm³/mol. The smallest absolute Gasteiger partial charge is 0.262 e. The summed E-state index contributed by atoms with van der Waals surface area (Å²) in [6.07, 6.45) is 0. The monoisotopic (exact) mass is 258 g/mol. The molecule has 0 atom stereocenters. The molecule has 4 nitrogen and oxygen atoms in total. The van der Waals surface area contributed by atoms with Crippen LogP contribution in [0, 0.1) is 0 Å². The van der Waals surface area contributed by atoms with Crippen molar-refractivity contribution in [1.29, 1.82) is 0 Å². The molecule has 1 heterocycles. The number of nitrogens with zero attached hydrogens (tertiary/aromatic N) is 1. The quantitative estimate of drug-likeness (QED) is 0.843. The lowest BCUT2D eigenvalue weighted by Gasteiger charge is -2.04. The van der Waals surface area contributed by atoms with Crippen molar-refractivity contribution < 1.29 is 8.42 Å². The minimum Gasteiger partial charge on any atom is -0.281 e. The van der Waals surface area contributed by atoms with E-state index in [1.165, 1.54) is 6.07 Å². The van der Waals surface area contributed by atoms with Crippen LogP contribution >= 0.6 is 10.7 Å². The van der Waals surface area contributed by atoms with Crippen LogP contribution in [-0.4, -0.2) is 18.6 Å². The van der Waals surface area contributed by atoms with Crippen molar-refractivity contribution in [1.82, 2.24) is 10.2 Å². The molecule has 0 saturated heterocycles. The van der Waals surface area contributed by atoms with Crippen molar-refractivity contribution in [3.05, 3.63) is 23.9 Å². The standard InChI is InChI=1S/C10H11ClN2O2S/c1-6(2)10-9-7(12-13-10)4-3-5-8(9)16(11,14)15/h3-6H,1-2H3,(H,12,13). The van der Waals surface area contributed by atoms with Crippen LogP contribution in [0.25, 0.3) is 10.9 Å². The van der Waals surface area contributed by atoms with Gasteiger partial charge in [0.2, 0.25) is 0 Å². The van der Waals surface area contributed by atoms with Crippen LogP contribution in [0.1, 0.15) is 25.5 Å². The van der Waals surface area contributed by atoms with Crippen LogP contribution < -0.4 is 0 Å². The Morgan fingerprint density at radius 3 is 2.62 bits per heavy atom. The third-order valence-corrected chi connectivity index (χ3v) is 3.77. The molecule has 2 aromatic rings. The van der Waals surface area contributed by atoms with Crippen LogP contribution in [0.3, 0.4) is 0 Å². The second-order valence-electron chi connectivity index (χ2n) is 3.88. The Bertz CT molecular complexity index is 631. The van der Waals surface area contributed by atoms with Gasteiger partial charge in [0.25, 0.3) is 9.05 Å². The summed E-state index contributed by atoms with van der Waals surface area (Å²) in [5.74, 6) is 0.157.